The molecule has 7 heteroatoms. The first-order chi connectivity index (χ1) is 13.7. The molecular weight excluding hydrogens is 388 g/mol. The minimum atomic E-state index is -3.64. The lowest BCUT2D eigenvalue weighted by molar-refractivity contribution is -0.116. The van der Waals surface area contributed by atoms with Crippen LogP contribution in [-0.2, 0) is 14.8 Å². The van der Waals surface area contributed by atoms with Crippen molar-refractivity contribution in [3.05, 3.63) is 54.1 Å². The smallest absolute Gasteiger partial charge is 0.247 e. The summed E-state index contributed by atoms with van der Waals surface area (Å²) < 4.78 is 31.8. The number of nitrogens with one attached hydrogen (secondary N) is 1. The minimum Gasteiger partial charge on any atom is -0.490 e. The molecule has 0 heterocycles. The van der Waals surface area contributed by atoms with Gasteiger partial charge in [-0.15, -0.1) is 0 Å². The molecule has 1 atom stereocenters. The van der Waals surface area contributed by atoms with Gasteiger partial charge in [0.05, 0.1) is 18.0 Å². The Labute approximate surface area is 172 Å². The summed E-state index contributed by atoms with van der Waals surface area (Å²) in [6.45, 7) is 3.50. The number of anilines is 2. The third-order valence-corrected chi connectivity index (χ3v) is 6.35. The lowest BCUT2D eigenvalue weighted by Gasteiger charge is -2.28. The van der Waals surface area contributed by atoms with Crippen molar-refractivity contribution in [1.82, 2.24) is 0 Å². The van der Waals surface area contributed by atoms with Gasteiger partial charge in [-0.1, -0.05) is 17.7 Å². The first kappa shape index (κ1) is 21.2. The average Bonchev–Trinajstić information content (AvgIpc) is 3.17. The number of ether oxygens (including phenoxy) is 1. The lowest BCUT2D eigenvalue weighted by Crippen LogP contribution is -2.45. The second kappa shape index (κ2) is 8.86. The van der Waals surface area contributed by atoms with E-state index in [0.717, 1.165) is 34.7 Å². The number of benzene rings is 2. The number of carbonyl (C=O) groups is 1. The second-order valence-electron chi connectivity index (χ2n) is 7.61. The zero-order valence-electron chi connectivity index (χ0n) is 17.1. The van der Waals surface area contributed by atoms with Crippen LogP contribution in [0.3, 0.4) is 0 Å². The molecule has 1 saturated carbocycles. The first-order valence-electron chi connectivity index (χ1n) is 9.88. The predicted octanol–water partition coefficient (Wildman–Crippen LogP) is 4.11. The maximum atomic E-state index is 12.8. The normalized spacial score (nSPS) is 15.7. The summed E-state index contributed by atoms with van der Waals surface area (Å²) in [6, 6.07) is 13.3. The van der Waals surface area contributed by atoms with Crippen LogP contribution in [0, 0.1) is 6.92 Å². The van der Waals surface area contributed by atoms with Gasteiger partial charge >= 0.3 is 0 Å². The monoisotopic (exact) mass is 416 g/mol. The third-order valence-electron chi connectivity index (χ3n) is 5.10. The number of nitrogens with zero attached hydrogens (tertiary/aromatic N) is 1. The van der Waals surface area contributed by atoms with Crippen LogP contribution in [0.4, 0.5) is 11.4 Å². The zero-order valence-corrected chi connectivity index (χ0v) is 17.9. The number of hydrogen-bond donors (Lipinski definition) is 1. The Balaban J connectivity index is 1.69. The van der Waals surface area contributed by atoms with Crippen molar-refractivity contribution in [2.24, 2.45) is 0 Å². The van der Waals surface area contributed by atoms with E-state index < -0.39 is 22.0 Å². The molecule has 1 N–H and O–H groups in total. The van der Waals surface area contributed by atoms with Crippen molar-refractivity contribution < 1.29 is 17.9 Å². The van der Waals surface area contributed by atoms with Crippen LogP contribution in [0.2, 0.25) is 0 Å². The number of aryl methyl sites for hydroxylation is 1. The Kier molecular flexibility index (Phi) is 6.47. The van der Waals surface area contributed by atoms with Gasteiger partial charge in [0, 0.05) is 5.69 Å². The van der Waals surface area contributed by atoms with Gasteiger partial charge in [-0.25, -0.2) is 8.42 Å². The summed E-state index contributed by atoms with van der Waals surface area (Å²) in [5, 5.41) is 2.80. The van der Waals surface area contributed by atoms with Crippen LogP contribution in [0.1, 0.15) is 38.2 Å². The van der Waals surface area contributed by atoms with Gasteiger partial charge in [0.15, 0.2) is 0 Å². The molecule has 0 aliphatic heterocycles. The van der Waals surface area contributed by atoms with Crippen molar-refractivity contribution in [1.29, 1.82) is 0 Å². The molecular formula is C22H28N2O4S. The largest absolute Gasteiger partial charge is 0.490 e. The molecule has 2 aromatic carbocycles. The molecule has 1 fully saturated rings. The van der Waals surface area contributed by atoms with Crippen molar-refractivity contribution in [3.8, 4) is 5.75 Å². The standard InChI is InChI=1S/C22H28N2O4S/c1-16-8-12-19(13-9-16)24(29(3,26)27)17(2)22(25)23-18-10-14-21(15-11-18)28-20-6-4-5-7-20/h8-15,17,20H,4-7H2,1-3H3,(H,23,25)/t17-/m0/s1. The first-order valence-corrected chi connectivity index (χ1v) is 11.7. The van der Waals surface area contributed by atoms with E-state index in [1.165, 1.54) is 12.8 Å². The molecule has 156 valence electrons. The number of rotatable bonds is 7. The Morgan fingerprint density at radius 3 is 2.21 bits per heavy atom. The molecule has 1 aliphatic carbocycles. The Bertz CT molecular complexity index is 934. The highest BCUT2D eigenvalue weighted by Gasteiger charge is 2.29. The van der Waals surface area contributed by atoms with Crippen LogP contribution in [-0.4, -0.2) is 32.7 Å². The van der Waals surface area contributed by atoms with Crippen molar-refractivity contribution in [2.75, 3.05) is 15.9 Å². The van der Waals surface area contributed by atoms with E-state index in [1.807, 2.05) is 31.2 Å². The summed E-state index contributed by atoms with van der Waals surface area (Å²) in [5.41, 5.74) is 2.07. The average molecular weight is 417 g/mol. The van der Waals surface area contributed by atoms with Gasteiger partial charge in [0.2, 0.25) is 15.9 Å². The number of amides is 1. The molecule has 0 unspecified atom stereocenters. The Morgan fingerprint density at radius 1 is 1.07 bits per heavy atom. The third kappa shape index (κ3) is 5.50. The fourth-order valence-corrected chi connectivity index (χ4v) is 4.74. The highest BCUT2D eigenvalue weighted by atomic mass is 32.2. The highest BCUT2D eigenvalue weighted by Crippen LogP contribution is 2.26. The fraction of sp³-hybridized carbons (Fsp3) is 0.409. The topological polar surface area (TPSA) is 75.7 Å². The molecule has 0 bridgehead atoms. The van der Waals surface area contributed by atoms with E-state index in [-0.39, 0.29) is 6.10 Å². The Hall–Kier alpha value is -2.54. The highest BCUT2D eigenvalue weighted by molar-refractivity contribution is 7.92. The number of carbonyl (C=O) groups excluding carboxylic acids is 1. The summed E-state index contributed by atoms with van der Waals surface area (Å²) in [7, 11) is -3.64. The minimum absolute atomic E-state index is 0.272. The van der Waals surface area contributed by atoms with Crippen LogP contribution in [0.25, 0.3) is 0 Å². The van der Waals surface area contributed by atoms with Crippen molar-refractivity contribution in [2.45, 2.75) is 51.7 Å². The van der Waals surface area contributed by atoms with Gasteiger partial charge in [-0.3, -0.25) is 9.10 Å². The van der Waals surface area contributed by atoms with Crippen LogP contribution in [0.15, 0.2) is 48.5 Å². The van der Waals surface area contributed by atoms with Gasteiger partial charge in [0.1, 0.15) is 11.8 Å². The van der Waals surface area contributed by atoms with Gasteiger partial charge in [0.25, 0.3) is 0 Å². The molecule has 0 radical (unpaired) electrons. The number of hydrogen-bond acceptors (Lipinski definition) is 4. The summed E-state index contributed by atoms with van der Waals surface area (Å²) >= 11 is 0. The van der Waals surface area contributed by atoms with E-state index in [1.54, 1.807) is 31.2 Å². The molecule has 1 amide bonds. The summed E-state index contributed by atoms with van der Waals surface area (Å²) in [5.74, 6) is 0.376. The SMILES string of the molecule is Cc1ccc(N([C@@H](C)C(=O)Nc2ccc(OC3CCCC3)cc2)S(C)(=O)=O)cc1. The van der Waals surface area contributed by atoms with E-state index in [9.17, 15) is 13.2 Å². The molecule has 3 rings (SSSR count). The molecule has 2 aromatic rings. The zero-order chi connectivity index (χ0) is 21.0. The van der Waals surface area contributed by atoms with E-state index in [4.69, 9.17) is 4.74 Å². The van der Waals surface area contributed by atoms with Crippen LogP contribution < -0.4 is 14.4 Å². The molecule has 0 spiro atoms. The maximum Gasteiger partial charge on any atom is 0.247 e. The predicted molar refractivity (Wildman–Crippen MR) is 116 cm³/mol. The fourth-order valence-electron chi connectivity index (χ4n) is 3.56. The molecule has 1 aliphatic rings. The van der Waals surface area contributed by atoms with Gasteiger partial charge in [-0.2, -0.15) is 0 Å². The lowest BCUT2D eigenvalue weighted by atomic mass is 10.2. The van der Waals surface area contributed by atoms with E-state index in [0.29, 0.717) is 11.4 Å². The van der Waals surface area contributed by atoms with Crippen LogP contribution in [0.5, 0.6) is 5.75 Å². The molecule has 6 nitrogen and oxygen atoms in total. The summed E-state index contributed by atoms with van der Waals surface area (Å²) in [6.07, 6.45) is 5.94. The molecule has 0 aromatic heterocycles. The molecule has 29 heavy (non-hydrogen) atoms. The number of sulfonamides is 1. The van der Waals surface area contributed by atoms with Gasteiger partial charge < -0.3 is 10.1 Å². The van der Waals surface area contributed by atoms with Gasteiger partial charge in [-0.05, 0) is 75.9 Å². The maximum absolute atomic E-state index is 12.8. The quantitative estimate of drug-likeness (QED) is 0.737. The Morgan fingerprint density at radius 2 is 1.66 bits per heavy atom. The van der Waals surface area contributed by atoms with Crippen molar-refractivity contribution >= 4 is 27.3 Å². The van der Waals surface area contributed by atoms with Crippen molar-refractivity contribution in [3.63, 3.8) is 0 Å². The molecule has 0 saturated heterocycles. The van der Waals surface area contributed by atoms with E-state index in [2.05, 4.69) is 5.32 Å². The van der Waals surface area contributed by atoms with Crippen LogP contribution >= 0.6 is 0 Å². The second-order valence-corrected chi connectivity index (χ2v) is 9.47. The van der Waals surface area contributed by atoms with E-state index >= 15 is 0 Å². The summed E-state index contributed by atoms with van der Waals surface area (Å²) in [4.78, 5) is 12.8.